The number of hydrogen-bond donors (Lipinski definition) is 0. The van der Waals surface area contributed by atoms with Crippen LogP contribution in [0.4, 0.5) is 0 Å². The van der Waals surface area contributed by atoms with Gasteiger partial charge in [-0.1, -0.05) is 117 Å². The fraction of sp³-hybridized carbons (Fsp3) is 1.00. The van der Waals surface area contributed by atoms with Gasteiger partial charge in [0.05, 0.1) is 39.4 Å². The number of unbranched alkanes of at least 4 members (excludes halogenated alkanes) is 17. The van der Waals surface area contributed by atoms with Crippen molar-refractivity contribution in [3.05, 3.63) is 0 Å². The Balaban J connectivity index is 1.91. The molecule has 0 amide bonds. The molecule has 1 atom stereocenters. The molecule has 1 unspecified atom stereocenters. The van der Waals surface area contributed by atoms with Crippen molar-refractivity contribution < 1.29 is 23.0 Å². The Morgan fingerprint density at radius 2 is 1.09 bits per heavy atom. The van der Waals surface area contributed by atoms with E-state index in [1.165, 1.54) is 116 Å². The first kappa shape index (κ1) is 33.1. The molecule has 0 aromatic carbocycles. The largest absolute Gasteiger partial charge is 0.756 e. The molecule has 0 spiro atoms. The molecule has 1 aliphatic rings. The minimum Gasteiger partial charge on any atom is -0.756 e. The van der Waals surface area contributed by atoms with Crippen molar-refractivity contribution in [1.82, 2.24) is 0 Å². The van der Waals surface area contributed by atoms with Crippen LogP contribution in [0.5, 0.6) is 0 Å². The fourth-order valence-corrected chi connectivity index (χ4v) is 6.27. The molecule has 0 aromatic heterocycles. The van der Waals surface area contributed by atoms with Gasteiger partial charge in [-0.15, -0.1) is 0 Å². The molecular formula is C29H60NO4P. The highest BCUT2D eigenvalue weighted by Crippen LogP contribution is 2.42. The number of piperidine rings is 1. The molecule has 0 aliphatic carbocycles. The van der Waals surface area contributed by atoms with Gasteiger partial charge in [0.25, 0.3) is 7.82 Å². The second kappa shape index (κ2) is 21.1. The maximum atomic E-state index is 12.2. The zero-order chi connectivity index (χ0) is 25.7. The molecule has 1 fully saturated rings. The van der Waals surface area contributed by atoms with Crippen molar-refractivity contribution >= 4 is 7.82 Å². The summed E-state index contributed by atoms with van der Waals surface area (Å²) in [4.78, 5) is 12.2. The first-order valence-electron chi connectivity index (χ1n) is 15.4. The summed E-state index contributed by atoms with van der Waals surface area (Å²) in [5, 5.41) is 0. The van der Waals surface area contributed by atoms with Gasteiger partial charge in [-0.25, -0.2) is 0 Å². The second-order valence-electron chi connectivity index (χ2n) is 11.4. The Bertz CT molecular complexity index is 523. The van der Waals surface area contributed by atoms with Gasteiger partial charge in [-0.2, -0.15) is 0 Å². The molecule has 1 heterocycles. The third-order valence-corrected chi connectivity index (χ3v) is 8.86. The van der Waals surface area contributed by atoms with E-state index >= 15 is 0 Å². The van der Waals surface area contributed by atoms with Crippen molar-refractivity contribution in [2.75, 3.05) is 33.3 Å². The van der Waals surface area contributed by atoms with Gasteiger partial charge in [-0.05, 0) is 19.3 Å². The lowest BCUT2D eigenvalue weighted by Crippen LogP contribution is -2.51. The van der Waals surface area contributed by atoms with E-state index in [0.717, 1.165) is 43.3 Å². The van der Waals surface area contributed by atoms with E-state index in [9.17, 15) is 9.46 Å². The maximum Gasteiger partial charge on any atom is 0.268 e. The van der Waals surface area contributed by atoms with Crippen LogP contribution in [-0.2, 0) is 13.6 Å². The standard InChI is InChI=1S/C29H60NO4P/c1-4-6-8-9-10-11-12-13-14-15-16-17-18-19-20-22-28-33-35(31,32)34-29-23-26-30(3,27-24-29)25-21-7-5-2/h29H,4-28H2,1-3H3. The zero-order valence-electron chi connectivity index (χ0n) is 23.8. The molecule has 1 rings (SSSR count). The molecule has 6 heteroatoms. The number of phosphoric ester groups is 1. The summed E-state index contributed by atoms with van der Waals surface area (Å²) in [6.45, 7) is 7.94. The predicted octanol–water partition coefficient (Wildman–Crippen LogP) is 8.55. The molecule has 0 N–H and O–H groups in total. The van der Waals surface area contributed by atoms with Crippen molar-refractivity contribution in [1.29, 1.82) is 0 Å². The number of phosphoric acid groups is 1. The van der Waals surface area contributed by atoms with Gasteiger partial charge in [-0.3, -0.25) is 4.57 Å². The first-order valence-corrected chi connectivity index (χ1v) is 16.8. The van der Waals surface area contributed by atoms with Gasteiger partial charge < -0.3 is 18.4 Å². The van der Waals surface area contributed by atoms with Crippen LogP contribution in [0.2, 0.25) is 0 Å². The van der Waals surface area contributed by atoms with E-state index in [1.807, 2.05) is 0 Å². The molecule has 210 valence electrons. The van der Waals surface area contributed by atoms with Crippen LogP contribution in [0.15, 0.2) is 0 Å². The number of likely N-dealkylation sites (tertiary alicyclic amines) is 1. The van der Waals surface area contributed by atoms with Crippen LogP contribution < -0.4 is 4.89 Å². The molecule has 5 nitrogen and oxygen atoms in total. The van der Waals surface area contributed by atoms with Gasteiger partial charge in [0, 0.05) is 12.8 Å². The Kier molecular flexibility index (Phi) is 19.9. The highest BCUT2D eigenvalue weighted by Gasteiger charge is 2.32. The van der Waals surface area contributed by atoms with Gasteiger partial charge in [0.2, 0.25) is 0 Å². The van der Waals surface area contributed by atoms with Gasteiger partial charge in [0.15, 0.2) is 0 Å². The summed E-state index contributed by atoms with van der Waals surface area (Å²) in [5.74, 6) is 0. The Morgan fingerprint density at radius 1 is 0.686 bits per heavy atom. The SMILES string of the molecule is CCCCCCCCCCCCCCCCCCOP(=O)([O-])OC1CC[N+](C)(CCCCC)CC1. The maximum absolute atomic E-state index is 12.2. The topological polar surface area (TPSA) is 58.6 Å². The number of quaternary nitrogens is 1. The van der Waals surface area contributed by atoms with Crippen molar-refractivity contribution in [2.24, 2.45) is 0 Å². The summed E-state index contributed by atoms with van der Waals surface area (Å²) < 4.78 is 23.8. The molecule has 1 saturated heterocycles. The van der Waals surface area contributed by atoms with E-state index in [0.29, 0.717) is 0 Å². The van der Waals surface area contributed by atoms with Crippen LogP contribution in [0.1, 0.15) is 149 Å². The van der Waals surface area contributed by atoms with E-state index in [4.69, 9.17) is 9.05 Å². The van der Waals surface area contributed by atoms with E-state index in [2.05, 4.69) is 20.9 Å². The van der Waals surface area contributed by atoms with E-state index in [1.54, 1.807) is 0 Å². The summed E-state index contributed by atoms with van der Waals surface area (Å²) in [5.41, 5.74) is 0. The van der Waals surface area contributed by atoms with Crippen LogP contribution in [0.3, 0.4) is 0 Å². The summed E-state index contributed by atoms with van der Waals surface area (Å²) in [6.07, 6.45) is 26.1. The Hall–Kier alpha value is 0.0700. The molecule has 0 radical (unpaired) electrons. The molecule has 35 heavy (non-hydrogen) atoms. The summed E-state index contributed by atoms with van der Waals surface area (Å²) >= 11 is 0. The van der Waals surface area contributed by atoms with Crippen molar-refractivity contribution in [2.45, 2.75) is 155 Å². The fourth-order valence-electron chi connectivity index (χ4n) is 5.28. The lowest BCUT2D eigenvalue weighted by molar-refractivity contribution is -0.915. The van der Waals surface area contributed by atoms with Gasteiger partial charge in [0.1, 0.15) is 0 Å². The van der Waals surface area contributed by atoms with Crippen LogP contribution in [0, 0.1) is 0 Å². The van der Waals surface area contributed by atoms with Crippen LogP contribution in [0.25, 0.3) is 0 Å². The van der Waals surface area contributed by atoms with Crippen LogP contribution >= 0.6 is 7.82 Å². The zero-order valence-corrected chi connectivity index (χ0v) is 24.7. The molecule has 1 aliphatic heterocycles. The van der Waals surface area contributed by atoms with E-state index < -0.39 is 7.82 Å². The van der Waals surface area contributed by atoms with E-state index in [-0.39, 0.29) is 12.7 Å². The number of nitrogens with zero attached hydrogens (tertiary/aromatic N) is 1. The molecular weight excluding hydrogens is 457 g/mol. The molecule has 0 bridgehead atoms. The van der Waals surface area contributed by atoms with Crippen molar-refractivity contribution in [3.8, 4) is 0 Å². The predicted molar refractivity (Wildman–Crippen MR) is 148 cm³/mol. The first-order chi connectivity index (χ1) is 16.9. The minimum atomic E-state index is -4.18. The molecule has 0 aromatic rings. The highest BCUT2D eigenvalue weighted by atomic mass is 31.2. The third kappa shape index (κ3) is 18.9. The Morgan fingerprint density at radius 3 is 1.54 bits per heavy atom. The average molecular weight is 518 g/mol. The average Bonchev–Trinajstić information content (AvgIpc) is 2.83. The smallest absolute Gasteiger partial charge is 0.268 e. The van der Waals surface area contributed by atoms with Crippen LogP contribution in [-0.4, -0.2) is 43.9 Å². The Labute approximate surface area is 218 Å². The lowest BCUT2D eigenvalue weighted by atomic mass is 10.0. The summed E-state index contributed by atoms with van der Waals surface area (Å²) in [7, 11) is -1.89. The normalized spacial score (nSPS) is 22.3. The number of hydrogen-bond acceptors (Lipinski definition) is 4. The summed E-state index contributed by atoms with van der Waals surface area (Å²) in [6, 6.07) is 0. The molecule has 0 saturated carbocycles. The minimum absolute atomic E-state index is 0.207. The third-order valence-electron chi connectivity index (χ3n) is 7.81. The highest BCUT2D eigenvalue weighted by molar-refractivity contribution is 7.45. The van der Waals surface area contributed by atoms with Crippen molar-refractivity contribution in [3.63, 3.8) is 0 Å². The second-order valence-corrected chi connectivity index (χ2v) is 12.7. The number of rotatable bonds is 24. The lowest BCUT2D eigenvalue weighted by Gasteiger charge is -2.41. The monoisotopic (exact) mass is 517 g/mol. The quantitative estimate of drug-likeness (QED) is 0.0731. The van der Waals surface area contributed by atoms with Gasteiger partial charge >= 0.3 is 0 Å².